The first-order valence-corrected chi connectivity index (χ1v) is 6.57. The zero-order valence-corrected chi connectivity index (χ0v) is 11.8. The largest absolute Gasteiger partial charge is 0.372 e. The molecule has 0 amide bonds. The summed E-state index contributed by atoms with van der Waals surface area (Å²) in [6, 6.07) is 6.75. The average molecular weight is 221 g/mol. The number of hydrogen-bond acceptors (Lipinski definition) is 1. The zero-order valence-electron chi connectivity index (χ0n) is 11.8. The topological polar surface area (TPSA) is 3.24 Å². The molecule has 0 atom stereocenters. The number of benzene rings is 1. The Morgan fingerprint density at radius 1 is 1.00 bits per heavy atom. The minimum atomic E-state index is 1.09. The van der Waals surface area contributed by atoms with Crippen molar-refractivity contribution in [3.63, 3.8) is 0 Å². The van der Waals surface area contributed by atoms with E-state index in [1.54, 1.807) is 0 Å². The first kappa shape index (κ1) is 15.0. The van der Waals surface area contributed by atoms with Crippen molar-refractivity contribution in [1.82, 2.24) is 0 Å². The fourth-order valence-corrected chi connectivity index (χ4v) is 1.87. The lowest BCUT2D eigenvalue weighted by Gasteiger charge is -2.24. The van der Waals surface area contributed by atoms with Gasteiger partial charge in [0, 0.05) is 18.8 Å². The Balaban J connectivity index is 0.00000106. The Hall–Kier alpha value is -0.980. The first-order valence-electron chi connectivity index (χ1n) is 6.57. The fraction of sp³-hybridized carbons (Fsp3) is 0.600. The van der Waals surface area contributed by atoms with Crippen molar-refractivity contribution in [3.05, 3.63) is 29.3 Å². The molecule has 0 radical (unpaired) electrons. The minimum Gasteiger partial charge on any atom is -0.372 e. The van der Waals surface area contributed by atoms with Gasteiger partial charge < -0.3 is 4.90 Å². The lowest BCUT2D eigenvalue weighted by molar-refractivity contribution is 0.855. The van der Waals surface area contributed by atoms with E-state index in [9.17, 15) is 0 Å². The van der Waals surface area contributed by atoms with Gasteiger partial charge in [0.25, 0.3) is 0 Å². The summed E-state index contributed by atoms with van der Waals surface area (Å²) in [6.45, 7) is 15.0. The van der Waals surface area contributed by atoms with Crippen LogP contribution in [0.25, 0.3) is 0 Å². The number of aryl methyl sites for hydroxylation is 2. The maximum absolute atomic E-state index is 2.41. The number of rotatable bonds is 4. The summed E-state index contributed by atoms with van der Waals surface area (Å²) < 4.78 is 0. The van der Waals surface area contributed by atoms with Crippen LogP contribution in [-0.4, -0.2) is 13.1 Å². The molecule has 1 aromatic rings. The van der Waals surface area contributed by atoms with E-state index in [0.29, 0.717) is 0 Å². The fourth-order valence-electron chi connectivity index (χ4n) is 1.87. The molecule has 16 heavy (non-hydrogen) atoms. The molecule has 0 aliphatic rings. The van der Waals surface area contributed by atoms with Crippen LogP contribution in [0.15, 0.2) is 18.2 Å². The Morgan fingerprint density at radius 2 is 1.56 bits per heavy atom. The predicted molar refractivity (Wildman–Crippen MR) is 75.5 cm³/mol. The molecule has 1 aromatic carbocycles. The summed E-state index contributed by atoms with van der Waals surface area (Å²) in [4.78, 5) is 2.41. The minimum absolute atomic E-state index is 1.09. The molecular weight excluding hydrogens is 194 g/mol. The van der Waals surface area contributed by atoms with Crippen molar-refractivity contribution < 1.29 is 0 Å². The predicted octanol–water partition coefficient (Wildman–Crippen LogP) is 4.43. The number of anilines is 1. The van der Waals surface area contributed by atoms with Crippen molar-refractivity contribution in [1.29, 1.82) is 0 Å². The lowest BCUT2D eigenvalue weighted by Crippen LogP contribution is -2.23. The number of nitrogens with zero attached hydrogens (tertiary/aromatic N) is 1. The smallest absolute Gasteiger partial charge is 0.0398 e. The van der Waals surface area contributed by atoms with Crippen LogP contribution < -0.4 is 4.90 Å². The summed E-state index contributed by atoms with van der Waals surface area (Å²) in [5, 5.41) is 0. The maximum atomic E-state index is 2.41. The molecule has 0 aliphatic carbocycles. The van der Waals surface area contributed by atoms with Gasteiger partial charge >= 0.3 is 0 Å². The van der Waals surface area contributed by atoms with E-state index in [4.69, 9.17) is 0 Å². The van der Waals surface area contributed by atoms with Crippen LogP contribution in [-0.2, 0) is 6.42 Å². The van der Waals surface area contributed by atoms with Gasteiger partial charge in [0.05, 0.1) is 0 Å². The second-order valence-corrected chi connectivity index (χ2v) is 3.66. The van der Waals surface area contributed by atoms with Crippen molar-refractivity contribution in [3.8, 4) is 0 Å². The van der Waals surface area contributed by atoms with Gasteiger partial charge in [-0.1, -0.05) is 38.5 Å². The van der Waals surface area contributed by atoms with Gasteiger partial charge in [0.2, 0.25) is 0 Å². The first-order chi connectivity index (χ1) is 7.72. The van der Waals surface area contributed by atoms with Crippen molar-refractivity contribution in [2.45, 2.75) is 48.0 Å². The molecular formula is C15H27N. The SMILES string of the molecule is CC.CCc1cc(C)ccc1N(CC)CC. The highest BCUT2D eigenvalue weighted by Crippen LogP contribution is 2.22. The Labute approximate surface area is 101 Å². The van der Waals surface area contributed by atoms with Crippen LogP contribution in [0.4, 0.5) is 5.69 Å². The number of hydrogen-bond donors (Lipinski definition) is 0. The Morgan fingerprint density at radius 3 is 2.00 bits per heavy atom. The van der Waals surface area contributed by atoms with Gasteiger partial charge in [-0.2, -0.15) is 0 Å². The molecule has 0 bridgehead atoms. The molecule has 1 nitrogen and oxygen atoms in total. The third kappa shape index (κ3) is 3.88. The van der Waals surface area contributed by atoms with Gasteiger partial charge in [-0.15, -0.1) is 0 Å². The van der Waals surface area contributed by atoms with E-state index in [2.05, 4.69) is 50.8 Å². The highest BCUT2D eigenvalue weighted by molar-refractivity contribution is 5.54. The molecule has 0 heterocycles. The highest BCUT2D eigenvalue weighted by Gasteiger charge is 2.06. The van der Waals surface area contributed by atoms with E-state index in [1.165, 1.54) is 16.8 Å². The average Bonchev–Trinajstić information content (AvgIpc) is 2.34. The van der Waals surface area contributed by atoms with E-state index in [0.717, 1.165) is 19.5 Å². The third-order valence-corrected chi connectivity index (χ3v) is 2.72. The lowest BCUT2D eigenvalue weighted by atomic mass is 10.1. The van der Waals surface area contributed by atoms with Gasteiger partial charge in [0.15, 0.2) is 0 Å². The van der Waals surface area contributed by atoms with Crippen molar-refractivity contribution in [2.24, 2.45) is 0 Å². The van der Waals surface area contributed by atoms with Crippen LogP contribution in [0.2, 0.25) is 0 Å². The van der Waals surface area contributed by atoms with E-state index in [1.807, 2.05) is 13.8 Å². The monoisotopic (exact) mass is 221 g/mol. The van der Waals surface area contributed by atoms with Crippen LogP contribution >= 0.6 is 0 Å². The van der Waals surface area contributed by atoms with Crippen molar-refractivity contribution in [2.75, 3.05) is 18.0 Å². The zero-order chi connectivity index (χ0) is 12.6. The van der Waals surface area contributed by atoms with Crippen LogP contribution in [0.5, 0.6) is 0 Å². The van der Waals surface area contributed by atoms with E-state index >= 15 is 0 Å². The molecule has 0 saturated heterocycles. The second-order valence-electron chi connectivity index (χ2n) is 3.66. The van der Waals surface area contributed by atoms with Gasteiger partial charge in [-0.3, -0.25) is 0 Å². The summed E-state index contributed by atoms with van der Waals surface area (Å²) in [5.41, 5.74) is 4.23. The molecule has 0 saturated carbocycles. The molecule has 0 spiro atoms. The maximum Gasteiger partial charge on any atom is 0.0398 e. The van der Waals surface area contributed by atoms with Crippen LogP contribution in [0.1, 0.15) is 45.7 Å². The summed E-state index contributed by atoms with van der Waals surface area (Å²) in [5.74, 6) is 0. The molecule has 0 aliphatic heterocycles. The van der Waals surface area contributed by atoms with Gasteiger partial charge in [-0.05, 0) is 38.8 Å². The van der Waals surface area contributed by atoms with Crippen LogP contribution in [0, 0.1) is 6.92 Å². The Kier molecular flexibility index (Phi) is 7.70. The summed E-state index contributed by atoms with van der Waals surface area (Å²) in [7, 11) is 0. The van der Waals surface area contributed by atoms with E-state index < -0.39 is 0 Å². The molecule has 92 valence electrons. The summed E-state index contributed by atoms with van der Waals surface area (Å²) >= 11 is 0. The molecule has 0 fully saturated rings. The Bertz CT molecular complexity index is 287. The molecule has 0 N–H and O–H groups in total. The van der Waals surface area contributed by atoms with Crippen molar-refractivity contribution >= 4 is 5.69 Å². The standard InChI is InChI=1S/C13H21N.C2H6/c1-5-12-10-11(4)8-9-13(12)14(6-2)7-3;1-2/h8-10H,5-7H2,1-4H3;1-2H3. The molecule has 0 unspecified atom stereocenters. The second kappa shape index (κ2) is 8.20. The quantitative estimate of drug-likeness (QED) is 0.727. The van der Waals surface area contributed by atoms with Gasteiger partial charge in [0.1, 0.15) is 0 Å². The third-order valence-electron chi connectivity index (χ3n) is 2.72. The molecule has 0 aromatic heterocycles. The van der Waals surface area contributed by atoms with Crippen LogP contribution in [0.3, 0.4) is 0 Å². The normalized spacial score (nSPS) is 9.38. The highest BCUT2D eigenvalue weighted by atomic mass is 15.1. The van der Waals surface area contributed by atoms with E-state index in [-0.39, 0.29) is 0 Å². The molecule has 1 heteroatoms. The summed E-state index contributed by atoms with van der Waals surface area (Å²) in [6.07, 6.45) is 1.12. The van der Waals surface area contributed by atoms with Gasteiger partial charge in [-0.25, -0.2) is 0 Å². The molecule has 1 rings (SSSR count).